The van der Waals surface area contributed by atoms with Crippen molar-refractivity contribution in [3.8, 4) is 0 Å². The van der Waals surface area contributed by atoms with E-state index >= 15 is 0 Å². The SMILES string of the molecule is Cc1cc2c3c(c1)N(c1ccc(C(C)(C)C)cc1)c1cc(N4c5ccc(C(C)(C)C)cc5C5(C)CCC45C)ccc1B3c1cc(C(C)(C)C)ccc1N2c1ccc(C(C)(C)C)cc1. The van der Waals surface area contributed by atoms with Gasteiger partial charge in [-0.3, -0.25) is 0 Å². The molecule has 1 saturated carbocycles. The molecule has 1 aliphatic carbocycles. The van der Waals surface area contributed by atoms with Gasteiger partial charge in [0.15, 0.2) is 0 Å². The molecule has 10 rings (SSSR count). The maximum absolute atomic E-state index is 2.73. The molecule has 3 nitrogen and oxygen atoms in total. The smallest absolute Gasteiger partial charge is 0.252 e. The Hall–Kier alpha value is -5.22. The number of nitrogens with zero attached hydrogens (tertiary/aromatic N) is 3. The van der Waals surface area contributed by atoms with Gasteiger partial charge < -0.3 is 14.7 Å². The van der Waals surface area contributed by atoms with Crippen LogP contribution in [0.15, 0.2) is 115 Å². The van der Waals surface area contributed by atoms with E-state index in [2.05, 4.69) is 234 Å². The van der Waals surface area contributed by atoms with Crippen LogP contribution in [0, 0.1) is 6.92 Å². The highest BCUT2D eigenvalue weighted by Crippen LogP contribution is 2.65. The Morgan fingerprint density at radius 2 is 0.889 bits per heavy atom. The quantitative estimate of drug-likeness (QED) is 0.164. The molecule has 6 aromatic carbocycles. The lowest BCUT2D eigenvalue weighted by Crippen LogP contribution is -2.62. The number of anilines is 8. The van der Waals surface area contributed by atoms with Crippen molar-refractivity contribution in [1.29, 1.82) is 0 Å². The lowest BCUT2D eigenvalue weighted by Gasteiger charge is -2.56. The molecule has 0 radical (unpaired) electrons. The average molecular weight is 830 g/mol. The number of rotatable bonds is 3. The van der Waals surface area contributed by atoms with Crippen molar-refractivity contribution < 1.29 is 0 Å². The van der Waals surface area contributed by atoms with Gasteiger partial charge in [0.2, 0.25) is 0 Å². The summed E-state index contributed by atoms with van der Waals surface area (Å²) in [4.78, 5) is 7.89. The Kier molecular flexibility index (Phi) is 8.89. The van der Waals surface area contributed by atoms with Crippen LogP contribution in [0.4, 0.5) is 45.5 Å². The molecule has 322 valence electrons. The summed E-state index contributed by atoms with van der Waals surface area (Å²) in [5.41, 5.74) is 22.7. The molecule has 3 heterocycles. The summed E-state index contributed by atoms with van der Waals surface area (Å²) in [5.74, 6) is 0. The summed E-state index contributed by atoms with van der Waals surface area (Å²) in [7, 11) is 0. The molecule has 2 unspecified atom stereocenters. The van der Waals surface area contributed by atoms with Gasteiger partial charge in [-0.25, -0.2) is 0 Å². The van der Waals surface area contributed by atoms with Gasteiger partial charge in [-0.1, -0.05) is 145 Å². The van der Waals surface area contributed by atoms with Crippen LogP contribution < -0.4 is 31.1 Å². The Bertz CT molecular complexity index is 2820. The van der Waals surface area contributed by atoms with Crippen LogP contribution in [0.25, 0.3) is 0 Å². The molecule has 2 atom stereocenters. The van der Waals surface area contributed by atoms with Gasteiger partial charge in [-0.05, 0) is 159 Å². The topological polar surface area (TPSA) is 9.72 Å². The highest BCUT2D eigenvalue weighted by atomic mass is 15.3. The average Bonchev–Trinajstić information content (AvgIpc) is 3.33. The van der Waals surface area contributed by atoms with Crippen molar-refractivity contribution >= 4 is 68.6 Å². The first kappa shape index (κ1) is 41.8. The molecule has 63 heavy (non-hydrogen) atoms. The molecule has 1 fully saturated rings. The van der Waals surface area contributed by atoms with Gasteiger partial charge in [0.25, 0.3) is 6.71 Å². The molecule has 0 aromatic heterocycles. The first-order valence-electron chi connectivity index (χ1n) is 23.6. The van der Waals surface area contributed by atoms with Gasteiger partial charge in [0.1, 0.15) is 0 Å². The van der Waals surface area contributed by atoms with Crippen molar-refractivity contribution in [2.75, 3.05) is 14.7 Å². The number of hydrogen-bond donors (Lipinski definition) is 0. The van der Waals surface area contributed by atoms with Crippen LogP contribution in [-0.2, 0) is 27.1 Å². The highest BCUT2D eigenvalue weighted by molar-refractivity contribution is 7.00. The zero-order chi connectivity index (χ0) is 45.0. The molecular weight excluding hydrogens is 761 g/mol. The number of hydrogen-bond acceptors (Lipinski definition) is 3. The summed E-state index contributed by atoms with van der Waals surface area (Å²) in [5, 5.41) is 0. The third-order valence-corrected chi connectivity index (χ3v) is 15.8. The highest BCUT2D eigenvalue weighted by Gasteiger charge is 2.63. The number of benzene rings is 6. The molecule has 3 aliphatic heterocycles. The van der Waals surface area contributed by atoms with E-state index in [0.29, 0.717) is 0 Å². The fourth-order valence-corrected chi connectivity index (χ4v) is 11.5. The maximum atomic E-state index is 2.73. The predicted octanol–water partition coefficient (Wildman–Crippen LogP) is 14.2. The molecule has 4 aliphatic rings. The second kappa shape index (κ2) is 13.4. The molecule has 0 spiro atoms. The van der Waals surface area contributed by atoms with Gasteiger partial charge >= 0.3 is 0 Å². The van der Waals surface area contributed by atoms with Crippen LogP contribution in [0.2, 0.25) is 0 Å². The second-order valence-electron chi connectivity index (χ2n) is 24.1. The molecule has 0 bridgehead atoms. The second-order valence-corrected chi connectivity index (χ2v) is 24.1. The van der Waals surface area contributed by atoms with Crippen LogP contribution in [0.5, 0.6) is 0 Å². The third kappa shape index (κ3) is 6.20. The van der Waals surface area contributed by atoms with E-state index in [4.69, 9.17) is 0 Å². The predicted molar refractivity (Wildman–Crippen MR) is 274 cm³/mol. The maximum Gasteiger partial charge on any atom is 0.252 e. The normalized spacial score (nSPS) is 20.2. The van der Waals surface area contributed by atoms with Crippen molar-refractivity contribution in [1.82, 2.24) is 0 Å². The van der Waals surface area contributed by atoms with E-state index in [-0.39, 0.29) is 39.3 Å². The van der Waals surface area contributed by atoms with E-state index < -0.39 is 0 Å². The fraction of sp³-hybridized carbons (Fsp3) is 0.390. The molecule has 0 saturated heterocycles. The minimum Gasteiger partial charge on any atom is -0.334 e. The largest absolute Gasteiger partial charge is 0.334 e. The van der Waals surface area contributed by atoms with Crippen LogP contribution in [0.3, 0.4) is 0 Å². The van der Waals surface area contributed by atoms with Gasteiger partial charge in [0, 0.05) is 50.9 Å². The monoisotopic (exact) mass is 830 g/mol. The fourth-order valence-electron chi connectivity index (χ4n) is 11.5. The first-order valence-corrected chi connectivity index (χ1v) is 23.6. The van der Waals surface area contributed by atoms with Gasteiger partial charge in [0.05, 0.1) is 5.54 Å². The molecular formula is C59H68BN3. The zero-order valence-corrected chi connectivity index (χ0v) is 40.8. The minimum absolute atomic E-state index is 0.00629. The summed E-state index contributed by atoms with van der Waals surface area (Å²) in [6.07, 6.45) is 2.37. The van der Waals surface area contributed by atoms with Crippen molar-refractivity contribution in [3.05, 3.63) is 149 Å². The molecule has 0 N–H and O–H groups in total. The lowest BCUT2D eigenvalue weighted by molar-refractivity contribution is 0.133. The van der Waals surface area contributed by atoms with Gasteiger partial charge in [-0.2, -0.15) is 0 Å². The molecule has 0 amide bonds. The molecule has 6 aromatic rings. The van der Waals surface area contributed by atoms with Crippen LogP contribution >= 0.6 is 0 Å². The van der Waals surface area contributed by atoms with Crippen molar-refractivity contribution in [2.24, 2.45) is 0 Å². The summed E-state index contributed by atoms with van der Waals surface area (Å²) in [6.45, 7) is 35.3. The summed E-state index contributed by atoms with van der Waals surface area (Å²) in [6, 6.07) is 45.9. The van der Waals surface area contributed by atoms with Crippen molar-refractivity contribution in [2.45, 2.75) is 149 Å². The first-order chi connectivity index (χ1) is 29.4. The van der Waals surface area contributed by atoms with Crippen LogP contribution in [-0.4, -0.2) is 12.3 Å². The van der Waals surface area contributed by atoms with E-state index in [1.807, 2.05) is 0 Å². The van der Waals surface area contributed by atoms with E-state index in [9.17, 15) is 0 Å². The minimum atomic E-state index is -0.0162. The van der Waals surface area contributed by atoms with Gasteiger partial charge in [-0.15, -0.1) is 0 Å². The van der Waals surface area contributed by atoms with E-state index in [1.165, 1.54) is 108 Å². The van der Waals surface area contributed by atoms with Crippen LogP contribution in [0.1, 0.15) is 143 Å². The number of fused-ring (bicyclic) bond motifs is 7. The Labute approximate surface area is 379 Å². The van der Waals surface area contributed by atoms with E-state index in [1.54, 1.807) is 0 Å². The Morgan fingerprint density at radius 1 is 0.429 bits per heavy atom. The third-order valence-electron chi connectivity index (χ3n) is 15.8. The van der Waals surface area contributed by atoms with Crippen molar-refractivity contribution in [3.63, 3.8) is 0 Å². The van der Waals surface area contributed by atoms with E-state index in [0.717, 1.165) is 0 Å². The summed E-state index contributed by atoms with van der Waals surface area (Å²) < 4.78 is 0. The standard InChI is InChI=1S/C59H68BN3/c1-37-32-51-53-52(33-37)62(43-24-18-39(19-25-43)55(5,6)7)50-36-44(63-48-28-20-40(56(8,9)10)34-45(48)58(14)30-31-59(58,63)15)26-27-46(50)60(53)47-35-41(57(11,12)13)21-29-49(47)61(51)42-22-16-38(17-23-42)54(2,3)4/h16-29,32-36H,30-31H2,1-15H3. The zero-order valence-electron chi connectivity index (χ0n) is 40.8. The molecule has 4 heteroatoms. The summed E-state index contributed by atoms with van der Waals surface area (Å²) >= 11 is 0. The number of aryl methyl sites for hydroxylation is 1. The Balaban J connectivity index is 1.24. The lowest BCUT2D eigenvalue weighted by atomic mass is 9.33. The Morgan fingerprint density at radius 3 is 1.38 bits per heavy atom.